The van der Waals surface area contributed by atoms with E-state index in [0.29, 0.717) is 18.5 Å². The quantitative estimate of drug-likeness (QED) is 0.813. The summed E-state index contributed by atoms with van der Waals surface area (Å²) >= 11 is 0.757. The third-order valence-corrected chi connectivity index (χ3v) is 5.94. The molecule has 0 radical (unpaired) electrons. The number of hydrogen-bond donors (Lipinski definition) is 1. The molecule has 1 aromatic rings. The molecule has 0 aliphatic carbocycles. The van der Waals surface area contributed by atoms with Crippen molar-refractivity contribution in [3.8, 4) is 12.3 Å². The van der Waals surface area contributed by atoms with Crippen molar-refractivity contribution in [3.05, 3.63) is 16.5 Å². The fourth-order valence-corrected chi connectivity index (χ4v) is 4.53. The summed E-state index contributed by atoms with van der Waals surface area (Å²) in [5.41, 5.74) is 0.438. The summed E-state index contributed by atoms with van der Waals surface area (Å²) in [4.78, 5) is 11.0. The van der Waals surface area contributed by atoms with Crippen LogP contribution in [0.2, 0.25) is 0 Å². The number of carboxylic acids is 1. The van der Waals surface area contributed by atoms with Crippen LogP contribution in [0.3, 0.4) is 0 Å². The van der Waals surface area contributed by atoms with Gasteiger partial charge in [-0.25, -0.2) is 13.2 Å². The van der Waals surface area contributed by atoms with Gasteiger partial charge in [-0.05, 0) is 25.0 Å². The summed E-state index contributed by atoms with van der Waals surface area (Å²) in [5.74, 6) is 1.19. The second kappa shape index (κ2) is 6.19. The maximum absolute atomic E-state index is 12.3. The molecule has 0 aliphatic rings. The van der Waals surface area contributed by atoms with Crippen molar-refractivity contribution < 1.29 is 18.3 Å². The van der Waals surface area contributed by atoms with Gasteiger partial charge in [-0.15, -0.1) is 17.8 Å². The van der Waals surface area contributed by atoms with Crippen LogP contribution in [0.5, 0.6) is 0 Å². The first kappa shape index (κ1) is 15.7. The van der Waals surface area contributed by atoms with Gasteiger partial charge in [-0.1, -0.05) is 12.8 Å². The van der Waals surface area contributed by atoms with Gasteiger partial charge in [-0.3, -0.25) is 0 Å². The maximum Gasteiger partial charge on any atom is 0.346 e. The Balaban J connectivity index is 3.22. The van der Waals surface area contributed by atoms with Crippen molar-refractivity contribution in [2.45, 2.75) is 24.5 Å². The molecule has 1 aromatic heterocycles. The van der Waals surface area contributed by atoms with Gasteiger partial charge in [0.1, 0.15) is 9.09 Å². The number of carbonyl (C=O) groups is 1. The van der Waals surface area contributed by atoms with Gasteiger partial charge in [0, 0.05) is 6.54 Å². The molecule has 7 heteroatoms. The zero-order valence-electron chi connectivity index (χ0n) is 10.7. The van der Waals surface area contributed by atoms with Gasteiger partial charge < -0.3 is 5.11 Å². The number of aryl methyl sites for hydroxylation is 1. The van der Waals surface area contributed by atoms with E-state index in [4.69, 9.17) is 11.5 Å². The van der Waals surface area contributed by atoms with Crippen molar-refractivity contribution in [2.24, 2.45) is 0 Å². The van der Waals surface area contributed by atoms with E-state index in [1.807, 2.05) is 6.92 Å². The van der Waals surface area contributed by atoms with Gasteiger partial charge in [0.15, 0.2) is 0 Å². The fourth-order valence-electron chi connectivity index (χ4n) is 1.55. The van der Waals surface area contributed by atoms with E-state index < -0.39 is 16.0 Å². The van der Waals surface area contributed by atoms with E-state index in [2.05, 4.69) is 5.92 Å². The van der Waals surface area contributed by atoms with Crippen LogP contribution in [0.4, 0.5) is 0 Å². The molecule has 0 unspecified atom stereocenters. The summed E-state index contributed by atoms with van der Waals surface area (Å²) in [5, 5.41) is 8.96. The first-order valence-electron chi connectivity index (χ1n) is 5.62. The first-order valence-corrected chi connectivity index (χ1v) is 7.87. The average Bonchev–Trinajstić information content (AvgIpc) is 2.72. The molecule has 0 saturated carbocycles. The molecule has 0 atom stereocenters. The first-order chi connectivity index (χ1) is 8.84. The van der Waals surface area contributed by atoms with Crippen LogP contribution in [0.15, 0.2) is 10.3 Å². The zero-order chi connectivity index (χ0) is 14.6. The Morgan fingerprint density at radius 3 is 2.63 bits per heavy atom. The SMILES string of the molecule is C#CCN(CCC)S(=O)(=O)c1cc(C)c(C(=O)O)s1. The summed E-state index contributed by atoms with van der Waals surface area (Å²) in [6.45, 7) is 3.72. The average molecular weight is 301 g/mol. The molecule has 1 N–H and O–H groups in total. The largest absolute Gasteiger partial charge is 0.477 e. The smallest absolute Gasteiger partial charge is 0.346 e. The monoisotopic (exact) mass is 301 g/mol. The Kier molecular flexibility index (Phi) is 5.11. The molecule has 0 bridgehead atoms. The molecule has 0 saturated heterocycles. The molecule has 1 heterocycles. The Hall–Kier alpha value is -1.36. The Morgan fingerprint density at radius 2 is 2.21 bits per heavy atom. The summed E-state index contributed by atoms with van der Waals surface area (Å²) in [6, 6.07) is 1.38. The lowest BCUT2D eigenvalue weighted by Gasteiger charge is -2.17. The van der Waals surface area contributed by atoms with E-state index in [-0.39, 0.29) is 15.6 Å². The molecule has 0 aromatic carbocycles. The van der Waals surface area contributed by atoms with Crippen LogP contribution < -0.4 is 0 Å². The van der Waals surface area contributed by atoms with E-state index in [0.717, 1.165) is 11.3 Å². The molecular formula is C12H15NO4S2. The number of sulfonamides is 1. The Morgan fingerprint density at radius 1 is 1.58 bits per heavy atom. The number of rotatable bonds is 6. The van der Waals surface area contributed by atoms with Gasteiger partial charge in [0.2, 0.25) is 0 Å². The molecule has 1 rings (SSSR count). The number of terminal acetylenes is 1. The minimum absolute atomic E-state index is 0.0183. The topological polar surface area (TPSA) is 74.7 Å². The van der Waals surface area contributed by atoms with Gasteiger partial charge in [0.25, 0.3) is 10.0 Å². The second-order valence-corrected chi connectivity index (χ2v) is 7.14. The molecule has 0 fully saturated rings. The minimum atomic E-state index is -3.71. The van der Waals surface area contributed by atoms with Crippen LogP contribution in [0, 0.1) is 19.3 Å². The highest BCUT2D eigenvalue weighted by atomic mass is 32.2. The highest BCUT2D eigenvalue weighted by molar-refractivity contribution is 7.91. The van der Waals surface area contributed by atoms with Crippen LogP contribution in [-0.2, 0) is 10.0 Å². The van der Waals surface area contributed by atoms with E-state index in [9.17, 15) is 13.2 Å². The molecule has 5 nitrogen and oxygen atoms in total. The van der Waals surface area contributed by atoms with Crippen LogP contribution in [0.25, 0.3) is 0 Å². The third-order valence-electron chi connectivity index (χ3n) is 2.42. The van der Waals surface area contributed by atoms with E-state index in [1.165, 1.54) is 10.4 Å². The number of hydrogen-bond acceptors (Lipinski definition) is 4. The molecule has 0 spiro atoms. The summed E-state index contributed by atoms with van der Waals surface area (Å²) in [7, 11) is -3.71. The number of aromatic carboxylic acids is 1. The van der Waals surface area contributed by atoms with Crippen molar-refractivity contribution in [2.75, 3.05) is 13.1 Å². The van der Waals surface area contributed by atoms with Crippen LogP contribution in [-0.4, -0.2) is 36.9 Å². The fraction of sp³-hybridized carbons (Fsp3) is 0.417. The van der Waals surface area contributed by atoms with Crippen molar-refractivity contribution in [3.63, 3.8) is 0 Å². The minimum Gasteiger partial charge on any atom is -0.477 e. The van der Waals surface area contributed by atoms with E-state index >= 15 is 0 Å². The lowest BCUT2D eigenvalue weighted by molar-refractivity contribution is 0.0701. The van der Waals surface area contributed by atoms with Gasteiger partial charge in [-0.2, -0.15) is 4.31 Å². The van der Waals surface area contributed by atoms with E-state index in [1.54, 1.807) is 6.92 Å². The highest BCUT2D eigenvalue weighted by Crippen LogP contribution is 2.28. The Labute approximate surface area is 116 Å². The molecule has 0 aliphatic heterocycles. The van der Waals surface area contributed by atoms with Crippen LogP contribution >= 0.6 is 11.3 Å². The molecule has 104 valence electrons. The van der Waals surface area contributed by atoms with Crippen molar-refractivity contribution >= 4 is 27.3 Å². The number of nitrogens with zero attached hydrogens (tertiary/aromatic N) is 1. The van der Waals surface area contributed by atoms with Crippen LogP contribution in [0.1, 0.15) is 28.6 Å². The zero-order valence-corrected chi connectivity index (χ0v) is 12.3. The number of thiophene rings is 1. The normalized spacial score (nSPS) is 11.5. The molecular weight excluding hydrogens is 286 g/mol. The third kappa shape index (κ3) is 3.35. The standard InChI is InChI=1S/C12H15NO4S2/c1-4-6-13(7-5-2)19(16,17)10-8-9(3)11(18-10)12(14)15/h1,8H,5-7H2,2-3H3,(H,14,15). The predicted molar refractivity (Wildman–Crippen MR) is 73.9 cm³/mol. The lowest BCUT2D eigenvalue weighted by Crippen LogP contribution is -2.31. The van der Waals surface area contributed by atoms with Gasteiger partial charge >= 0.3 is 5.97 Å². The summed E-state index contributed by atoms with van der Waals surface area (Å²) < 4.78 is 25.9. The maximum atomic E-state index is 12.3. The second-order valence-electron chi connectivity index (χ2n) is 3.93. The Bertz CT molecular complexity index is 610. The predicted octanol–water partition coefficient (Wildman–Crippen LogP) is 1.79. The molecule has 19 heavy (non-hydrogen) atoms. The summed E-state index contributed by atoms with van der Waals surface area (Å²) in [6.07, 6.45) is 5.81. The number of carboxylic acid groups (broad SMARTS) is 1. The lowest BCUT2D eigenvalue weighted by atomic mass is 10.3. The molecule has 0 amide bonds. The highest BCUT2D eigenvalue weighted by Gasteiger charge is 2.27. The van der Waals surface area contributed by atoms with Crippen molar-refractivity contribution in [1.82, 2.24) is 4.31 Å². The van der Waals surface area contributed by atoms with Gasteiger partial charge in [0.05, 0.1) is 6.54 Å². The van der Waals surface area contributed by atoms with Crippen molar-refractivity contribution in [1.29, 1.82) is 0 Å².